The van der Waals surface area contributed by atoms with Crippen LogP contribution in [0.4, 0.5) is 0 Å². The second kappa shape index (κ2) is 9.20. The molecule has 206 valence electrons. The Bertz CT molecular complexity index is 1100. The lowest BCUT2D eigenvalue weighted by Crippen LogP contribution is -2.53. The Morgan fingerprint density at radius 1 is 1.05 bits per heavy atom. The molecule has 4 nitrogen and oxygen atoms in total. The molecule has 1 aromatic rings. The highest BCUT2D eigenvalue weighted by molar-refractivity contribution is 5.89. The molecule has 4 heteroatoms. The summed E-state index contributed by atoms with van der Waals surface area (Å²) in [5, 5.41) is 10.4. The number of aliphatic hydroxyl groups is 1. The molecule has 38 heavy (non-hydrogen) atoms. The molecule has 11 atom stereocenters. The van der Waals surface area contributed by atoms with Gasteiger partial charge in [-0.2, -0.15) is 0 Å². The van der Waals surface area contributed by atoms with Gasteiger partial charge >= 0.3 is 5.97 Å². The number of piperidine rings is 1. The van der Waals surface area contributed by atoms with E-state index < -0.39 is 0 Å². The van der Waals surface area contributed by atoms with E-state index in [1.807, 2.05) is 30.3 Å². The van der Waals surface area contributed by atoms with Crippen molar-refractivity contribution in [2.45, 2.75) is 96.7 Å². The van der Waals surface area contributed by atoms with Crippen LogP contribution in [-0.2, 0) is 4.74 Å². The van der Waals surface area contributed by atoms with E-state index in [0.29, 0.717) is 53.8 Å². The van der Waals surface area contributed by atoms with Crippen LogP contribution in [0.2, 0.25) is 0 Å². The molecule has 0 bridgehead atoms. The Morgan fingerprint density at radius 2 is 1.87 bits per heavy atom. The second-order valence-electron chi connectivity index (χ2n) is 14.5. The van der Waals surface area contributed by atoms with Crippen molar-refractivity contribution in [1.82, 2.24) is 4.90 Å². The molecule has 0 radical (unpaired) electrons. The molecule has 0 unspecified atom stereocenters. The number of hydrogen-bond donors (Lipinski definition) is 1. The number of carbonyl (C=O) groups excluding carboxylic acids is 1. The van der Waals surface area contributed by atoms with Gasteiger partial charge < -0.3 is 9.84 Å². The summed E-state index contributed by atoms with van der Waals surface area (Å²) in [4.78, 5) is 16.2. The summed E-state index contributed by atoms with van der Waals surface area (Å²) >= 11 is 0. The molecule has 4 aliphatic carbocycles. The molecular weight excluding hydrogens is 470 g/mol. The fraction of sp³-hybridized carbons (Fsp3) is 0.735. The van der Waals surface area contributed by atoms with Crippen molar-refractivity contribution in [3.05, 3.63) is 47.5 Å². The number of allylic oxidation sites excluding steroid dienone is 1. The average Bonchev–Trinajstić information content (AvgIpc) is 3.41. The molecule has 5 fully saturated rings. The van der Waals surface area contributed by atoms with Crippen LogP contribution in [-0.4, -0.2) is 47.3 Å². The van der Waals surface area contributed by atoms with Crippen LogP contribution in [0.5, 0.6) is 0 Å². The van der Waals surface area contributed by atoms with Crippen molar-refractivity contribution in [3.63, 3.8) is 0 Å². The van der Waals surface area contributed by atoms with Crippen molar-refractivity contribution in [2.75, 3.05) is 13.2 Å². The third-order valence-electron chi connectivity index (χ3n) is 12.9. The second-order valence-corrected chi connectivity index (χ2v) is 14.5. The minimum Gasteiger partial charge on any atom is -0.461 e. The molecule has 0 amide bonds. The Labute approximate surface area is 229 Å². The average molecular weight is 518 g/mol. The normalized spacial score (nSPS) is 47.7. The van der Waals surface area contributed by atoms with Crippen LogP contribution in [0.1, 0.15) is 88.9 Å². The zero-order valence-corrected chi connectivity index (χ0v) is 23.6. The van der Waals surface area contributed by atoms with Gasteiger partial charge in [-0.3, -0.25) is 4.90 Å². The minimum atomic E-state index is -0.157. The van der Waals surface area contributed by atoms with Crippen molar-refractivity contribution < 1.29 is 14.6 Å². The summed E-state index contributed by atoms with van der Waals surface area (Å²) < 4.78 is 6.32. The lowest BCUT2D eigenvalue weighted by Gasteiger charge is -2.58. The fourth-order valence-corrected chi connectivity index (χ4v) is 11.2. The zero-order valence-electron chi connectivity index (χ0n) is 23.6. The molecule has 1 N–H and O–H groups in total. The molecular formula is C34H47NO3. The van der Waals surface area contributed by atoms with Gasteiger partial charge in [-0.25, -0.2) is 4.79 Å². The van der Waals surface area contributed by atoms with Gasteiger partial charge in [0, 0.05) is 24.0 Å². The predicted molar refractivity (Wildman–Crippen MR) is 149 cm³/mol. The summed E-state index contributed by atoms with van der Waals surface area (Å²) in [5.41, 5.74) is 2.54. The van der Waals surface area contributed by atoms with E-state index in [9.17, 15) is 9.90 Å². The first-order valence-electron chi connectivity index (χ1n) is 15.7. The van der Waals surface area contributed by atoms with Crippen LogP contribution < -0.4 is 0 Å². The highest BCUT2D eigenvalue weighted by Crippen LogP contribution is 2.70. The summed E-state index contributed by atoms with van der Waals surface area (Å²) in [7, 11) is 0. The summed E-state index contributed by atoms with van der Waals surface area (Å²) in [6.45, 7) is 9.33. The zero-order chi connectivity index (χ0) is 26.2. The van der Waals surface area contributed by atoms with E-state index in [0.717, 1.165) is 31.6 Å². The SMILES string of the molecule is C[C@@H]1CC[C@H]2[C@H](C)[C@H]3[C@H](C[C@H]4[C@@H]5CC=C6C[C@@H](O)CC[C@]6(C)[C@H]5CC[C@]34COC(=O)c3ccccc3)N2C1. The third-order valence-corrected chi connectivity index (χ3v) is 12.9. The molecule has 2 saturated heterocycles. The number of rotatable bonds is 3. The molecule has 6 aliphatic rings. The van der Waals surface area contributed by atoms with Gasteiger partial charge in [0.1, 0.15) is 0 Å². The lowest BCUT2D eigenvalue weighted by atomic mass is 9.46. The van der Waals surface area contributed by atoms with Crippen LogP contribution in [0.25, 0.3) is 0 Å². The van der Waals surface area contributed by atoms with E-state index >= 15 is 0 Å². The Hall–Kier alpha value is -1.65. The number of fused-ring (bicyclic) bond motifs is 9. The first-order chi connectivity index (χ1) is 18.3. The van der Waals surface area contributed by atoms with E-state index in [4.69, 9.17) is 4.74 Å². The number of nitrogens with zero attached hydrogens (tertiary/aromatic N) is 1. The largest absolute Gasteiger partial charge is 0.461 e. The first kappa shape index (κ1) is 25.3. The van der Waals surface area contributed by atoms with Crippen LogP contribution in [0, 0.1) is 46.3 Å². The number of ether oxygens (including phenoxy) is 1. The van der Waals surface area contributed by atoms with Gasteiger partial charge in [0.25, 0.3) is 0 Å². The molecule has 2 heterocycles. The third kappa shape index (κ3) is 3.65. The van der Waals surface area contributed by atoms with Gasteiger partial charge in [-0.05, 0) is 111 Å². The van der Waals surface area contributed by atoms with Crippen molar-refractivity contribution in [1.29, 1.82) is 0 Å². The van der Waals surface area contributed by atoms with Crippen molar-refractivity contribution in [2.24, 2.45) is 46.3 Å². The highest BCUT2D eigenvalue weighted by Gasteiger charge is 2.68. The minimum absolute atomic E-state index is 0.0894. The molecule has 0 spiro atoms. The standard InChI is InChI=1S/C34H47NO3/c1-21-9-12-29-22(2)31-30(35(29)19-21)18-28-26-11-10-24-17-25(36)13-15-33(24,3)27(26)14-16-34(28,31)20-38-32(37)23-7-5-4-6-8-23/h4-8,10,21-22,25-31,36H,9,11-20H2,1-3H3/t21-,22+,25+,26-,27+,28+,29+,30+,31+,33+,34-/m1/s1. The van der Waals surface area contributed by atoms with Gasteiger partial charge in [0.15, 0.2) is 0 Å². The molecule has 0 aromatic heterocycles. The van der Waals surface area contributed by atoms with Gasteiger partial charge in [0.2, 0.25) is 0 Å². The predicted octanol–water partition coefficient (Wildman–Crippen LogP) is 6.49. The van der Waals surface area contributed by atoms with Crippen molar-refractivity contribution >= 4 is 5.97 Å². The lowest BCUT2D eigenvalue weighted by molar-refractivity contribution is -0.0929. The van der Waals surface area contributed by atoms with Gasteiger partial charge in [0.05, 0.1) is 18.3 Å². The number of hydrogen-bond acceptors (Lipinski definition) is 4. The van der Waals surface area contributed by atoms with E-state index in [-0.39, 0.29) is 22.9 Å². The quantitative estimate of drug-likeness (QED) is 0.368. The summed E-state index contributed by atoms with van der Waals surface area (Å²) in [6.07, 6.45) is 12.9. The maximum atomic E-state index is 13.2. The molecule has 7 rings (SSSR count). The van der Waals surface area contributed by atoms with Crippen LogP contribution in [0.15, 0.2) is 42.0 Å². The Kier molecular flexibility index (Phi) is 6.13. The fourth-order valence-electron chi connectivity index (χ4n) is 11.2. The van der Waals surface area contributed by atoms with Gasteiger partial charge in [-0.1, -0.05) is 50.6 Å². The maximum Gasteiger partial charge on any atom is 0.338 e. The number of carbonyl (C=O) groups is 1. The van der Waals surface area contributed by atoms with Gasteiger partial charge in [-0.15, -0.1) is 0 Å². The maximum absolute atomic E-state index is 13.2. The van der Waals surface area contributed by atoms with E-state index in [2.05, 4.69) is 31.7 Å². The van der Waals surface area contributed by atoms with Crippen LogP contribution >= 0.6 is 0 Å². The molecule has 2 aliphatic heterocycles. The van der Waals surface area contributed by atoms with Crippen LogP contribution in [0.3, 0.4) is 0 Å². The summed E-state index contributed by atoms with van der Waals surface area (Å²) in [5.74, 6) is 3.90. The highest BCUT2D eigenvalue weighted by atomic mass is 16.5. The topological polar surface area (TPSA) is 49.8 Å². The first-order valence-corrected chi connectivity index (χ1v) is 15.7. The van der Waals surface area contributed by atoms with E-state index in [1.54, 1.807) is 0 Å². The smallest absolute Gasteiger partial charge is 0.338 e. The monoisotopic (exact) mass is 517 g/mol. The summed E-state index contributed by atoms with van der Waals surface area (Å²) in [6, 6.07) is 10.9. The number of aliphatic hydroxyl groups excluding tert-OH is 1. The number of benzene rings is 1. The van der Waals surface area contributed by atoms with E-state index in [1.165, 1.54) is 44.2 Å². The van der Waals surface area contributed by atoms with Crippen molar-refractivity contribution in [3.8, 4) is 0 Å². The molecule has 1 aromatic carbocycles. The Morgan fingerprint density at radius 3 is 2.68 bits per heavy atom. The number of esters is 1. The molecule has 3 saturated carbocycles. The Balaban J connectivity index is 1.23.